The van der Waals surface area contributed by atoms with Crippen molar-refractivity contribution >= 4 is 11.8 Å². The van der Waals surface area contributed by atoms with Gasteiger partial charge in [0.1, 0.15) is 11.7 Å². The van der Waals surface area contributed by atoms with Gasteiger partial charge in [0, 0.05) is 25.5 Å². The minimum absolute atomic E-state index is 0.0380. The molecule has 1 aliphatic carbocycles. The van der Waals surface area contributed by atoms with Gasteiger partial charge in [0.05, 0.1) is 6.20 Å². The maximum absolute atomic E-state index is 13.5. The molecule has 32 heavy (non-hydrogen) atoms. The molecule has 0 unspecified atom stereocenters. The van der Waals surface area contributed by atoms with Crippen LogP contribution in [0.25, 0.3) is 0 Å². The SMILES string of the molecule is CC(C)CCN(NC(=O)c1cnccn1)[C@H](C(=O)NCc1ccccc1)C1CCCCC1. The summed E-state index contributed by atoms with van der Waals surface area (Å²) in [4.78, 5) is 34.5. The first-order chi connectivity index (χ1) is 15.5. The second-order valence-electron chi connectivity index (χ2n) is 8.95. The quantitative estimate of drug-likeness (QED) is 0.553. The van der Waals surface area contributed by atoms with Gasteiger partial charge in [-0.15, -0.1) is 0 Å². The summed E-state index contributed by atoms with van der Waals surface area (Å²) in [6.45, 7) is 5.37. The molecule has 0 saturated heterocycles. The van der Waals surface area contributed by atoms with Crippen molar-refractivity contribution in [3.8, 4) is 0 Å². The Hall–Kier alpha value is -2.80. The van der Waals surface area contributed by atoms with Crippen LogP contribution >= 0.6 is 0 Å². The van der Waals surface area contributed by atoms with E-state index < -0.39 is 6.04 Å². The maximum Gasteiger partial charge on any atom is 0.285 e. The highest BCUT2D eigenvalue weighted by Crippen LogP contribution is 2.29. The van der Waals surface area contributed by atoms with Crippen LogP contribution in [0, 0.1) is 11.8 Å². The van der Waals surface area contributed by atoms with Crippen LogP contribution in [0.1, 0.15) is 68.4 Å². The Bertz CT molecular complexity index is 838. The zero-order valence-corrected chi connectivity index (χ0v) is 19.2. The molecule has 0 radical (unpaired) electrons. The number of carbonyl (C=O) groups is 2. The lowest BCUT2D eigenvalue weighted by Gasteiger charge is -2.38. The highest BCUT2D eigenvalue weighted by Gasteiger charge is 2.35. The lowest BCUT2D eigenvalue weighted by atomic mass is 9.83. The van der Waals surface area contributed by atoms with Crippen molar-refractivity contribution < 1.29 is 9.59 Å². The summed E-state index contributed by atoms with van der Waals surface area (Å²) in [5.74, 6) is 0.279. The van der Waals surface area contributed by atoms with E-state index in [1.807, 2.05) is 35.3 Å². The first-order valence-electron chi connectivity index (χ1n) is 11.7. The van der Waals surface area contributed by atoms with E-state index in [2.05, 4.69) is 34.6 Å². The van der Waals surface area contributed by atoms with E-state index in [0.29, 0.717) is 19.0 Å². The minimum Gasteiger partial charge on any atom is -0.351 e. The lowest BCUT2D eigenvalue weighted by Crippen LogP contribution is -2.58. The van der Waals surface area contributed by atoms with Crippen molar-refractivity contribution in [3.05, 3.63) is 60.2 Å². The number of nitrogens with zero attached hydrogens (tertiary/aromatic N) is 3. The van der Waals surface area contributed by atoms with Crippen LogP contribution in [-0.2, 0) is 11.3 Å². The van der Waals surface area contributed by atoms with Crippen molar-refractivity contribution in [2.45, 2.75) is 65.0 Å². The fourth-order valence-corrected chi connectivity index (χ4v) is 4.22. The lowest BCUT2D eigenvalue weighted by molar-refractivity contribution is -0.130. The number of hydrazine groups is 1. The molecule has 7 heteroatoms. The van der Waals surface area contributed by atoms with E-state index >= 15 is 0 Å². The molecule has 7 nitrogen and oxygen atoms in total. The Morgan fingerprint density at radius 1 is 1.09 bits per heavy atom. The fraction of sp³-hybridized carbons (Fsp3) is 0.520. The molecule has 1 atom stereocenters. The standard InChI is InChI=1S/C25H35N5O2/c1-19(2)13-16-30(29-24(31)22-18-26-14-15-27-22)23(21-11-7-4-8-12-21)25(32)28-17-20-9-5-3-6-10-20/h3,5-6,9-10,14-15,18-19,21,23H,4,7-8,11-13,16-17H2,1-2H3,(H,28,32)(H,29,31)/t23-/m0/s1. The number of aromatic nitrogens is 2. The number of hydrogen-bond donors (Lipinski definition) is 2. The van der Waals surface area contributed by atoms with E-state index in [1.54, 1.807) is 0 Å². The van der Waals surface area contributed by atoms with Crippen LogP contribution in [0.4, 0.5) is 0 Å². The number of amides is 2. The number of benzene rings is 1. The predicted octanol–water partition coefficient (Wildman–Crippen LogP) is 3.73. The molecule has 2 amide bonds. The largest absolute Gasteiger partial charge is 0.351 e. The summed E-state index contributed by atoms with van der Waals surface area (Å²) >= 11 is 0. The van der Waals surface area contributed by atoms with Gasteiger partial charge in [0.2, 0.25) is 5.91 Å². The van der Waals surface area contributed by atoms with E-state index in [-0.39, 0.29) is 23.4 Å². The van der Waals surface area contributed by atoms with Crippen LogP contribution in [0.5, 0.6) is 0 Å². The number of nitrogens with one attached hydrogen (secondary N) is 2. The summed E-state index contributed by atoms with van der Waals surface area (Å²) in [6, 6.07) is 9.49. The third kappa shape index (κ3) is 7.12. The highest BCUT2D eigenvalue weighted by atomic mass is 16.2. The Morgan fingerprint density at radius 3 is 2.50 bits per heavy atom. The van der Waals surface area contributed by atoms with Crippen molar-refractivity contribution in [3.63, 3.8) is 0 Å². The van der Waals surface area contributed by atoms with Gasteiger partial charge in [0.15, 0.2) is 0 Å². The normalized spacial score (nSPS) is 15.5. The number of rotatable bonds is 10. The molecule has 1 aromatic heterocycles. The molecule has 1 saturated carbocycles. The molecule has 0 aliphatic heterocycles. The van der Waals surface area contributed by atoms with Crippen molar-refractivity contribution in [1.82, 2.24) is 25.7 Å². The third-order valence-electron chi connectivity index (χ3n) is 6.00. The summed E-state index contributed by atoms with van der Waals surface area (Å²) in [5.41, 5.74) is 4.30. The molecular formula is C25H35N5O2. The van der Waals surface area contributed by atoms with Crippen molar-refractivity contribution in [2.75, 3.05) is 6.54 Å². The third-order valence-corrected chi connectivity index (χ3v) is 6.00. The smallest absolute Gasteiger partial charge is 0.285 e. The molecule has 2 aromatic rings. The summed E-state index contributed by atoms with van der Waals surface area (Å²) in [6.07, 6.45) is 10.8. The Labute approximate surface area is 191 Å². The molecule has 3 rings (SSSR count). The van der Waals surface area contributed by atoms with Crippen LogP contribution in [0.15, 0.2) is 48.9 Å². The van der Waals surface area contributed by atoms with Crippen molar-refractivity contribution in [1.29, 1.82) is 0 Å². The van der Waals surface area contributed by atoms with Gasteiger partial charge in [-0.2, -0.15) is 0 Å². The van der Waals surface area contributed by atoms with Gasteiger partial charge in [-0.05, 0) is 36.7 Å². The fourth-order valence-electron chi connectivity index (χ4n) is 4.22. The van der Waals surface area contributed by atoms with Gasteiger partial charge in [0.25, 0.3) is 5.91 Å². The zero-order valence-electron chi connectivity index (χ0n) is 19.2. The second-order valence-corrected chi connectivity index (χ2v) is 8.95. The van der Waals surface area contributed by atoms with E-state index in [9.17, 15) is 9.59 Å². The van der Waals surface area contributed by atoms with Crippen LogP contribution in [0.3, 0.4) is 0 Å². The molecule has 0 spiro atoms. The van der Waals surface area contributed by atoms with Gasteiger partial charge < -0.3 is 5.32 Å². The van der Waals surface area contributed by atoms with Gasteiger partial charge in [-0.25, -0.2) is 9.99 Å². The molecule has 1 heterocycles. The van der Waals surface area contributed by atoms with Crippen LogP contribution in [0.2, 0.25) is 0 Å². The van der Waals surface area contributed by atoms with Gasteiger partial charge >= 0.3 is 0 Å². The summed E-state index contributed by atoms with van der Waals surface area (Å²) in [5, 5.41) is 4.97. The molecule has 2 N–H and O–H groups in total. The number of hydrogen-bond acceptors (Lipinski definition) is 5. The van der Waals surface area contributed by atoms with Gasteiger partial charge in [-0.3, -0.25) is 20.0 Å². The monoisotopic (exact) mass is 437 g/mol. The average molecular weight is 438 g/mol. The van der Waals surface area contributed by atoms with Crippen molar-refractivity contribution in [2.24, 2.45) is 11.8 Å². The van der Waals surface area contributed by atoms with E-state index in [4.69, 9.17) is 0 Å². The zero-order chi connectivity index (χ0) is 22.8. The van der Waals surface area contributed by atoms with Crippen LogP contribution < -0.4 is 10.7 Å². The number of carbonyl (C=O) groups excluding carboxylic acids is 2. The maximum atomic E-state index is 13.5. The minimum atomic E-state index is -0.418. The summed E-state index contributed by atoms with van der Waals surface area (Å²) in [7, 11) is 0. The Balaban J connectivity index is 1.80. The molecule has 1 aromatic carbocycles. The first-order valence-corrected chi connectivity index (χ1v) is 11.7. The highest BCUT2D eigenvalue weighted by molar-refractivity contribution is 5.92. The Kier molecular flexibility index (Phi) is 9.16. The molecular weight excluding hydrogens is 402 g/mol. The Morgan fingerprint density at radius 2 is 1.84 bits per heavy atom. The van der Waals surface area contributed by atoms with E-state index in [1.165, 1.54) is 25.0 Å². The molecule has 1 aliphatic rings. The van der Waals surface area contributed by atoms with Crippen LogP contribution in [-0.4, -0.2) is 39.4 Å². The van der Waals surface area contributed by atoms with Gasteiger partial charge in [-0.1, -0.05) is 63.4 Å². The second kappa shape index (κ2) is 12.3. The van der Waals surface area contributed by atoms with E-state index in [0.717, 1.165) is 37.7 Å². The molecule has 1 fully saturated rings. The molecule has 0 bridgehead atoms. The average Bonchev–Trinajstić information content (AvgIpc) is 2.83. The summed E-state index contributed by atoms with van der Waals surface area (Å²) < 4.78 is 0. The predicted molar refractivity (Wildman–Crippen MR) is 124 cm³/mol. The first kappa shape index (κ1) is 23.9. The molecule has 172 valence electrons. The topological polar surface area (TPSA) is 87.2 Å².